The Balaban J connectivity index is 2.13. The minimum atomic E-state index is -0.683. The van der Waals surface area contributed by atoms with Gasteiger partial charge in [0, 0.05) is 23.3 Å². The van der Waals surface area contributed by atoms with Crippen molar-refractivity contribution in [3.8, 4) is 16.9 Å². The lowest BCUT2D eigenvalue weighted by Gasteiger charge is -2.16. The summed E-state index contributed by atoms with van der Waals surface area (Å²) >= 11 is 0. The van der Waals surface area contributed by atoms with E-state index in [1.54, 1.807) is 13.1 Å². The Morgan fingerprint density at radius 3 is 2.68 bits per heavy atom. The SMILES string of the molecule is C[C@H](Oc1ccccc1-c1cccc2cnccc12)C(N)=O. The largest absolute Gasteiger partial charge is 0.480 e. The van der Waals surface area contributed by atoms with E-state index in [0.717, 1.165) is 21.9 Å². The molecule has 4 heteroatoms. The van der Waals surface area contributed by atoms with Crippen molar-refractivity contribution in [1.82, 2.24) is 4.98 Å². The number of amides is 1. The number of para-hydroxylation sites is 1. The normalized spacial score (nSPS) is 12.0. The third-order valence-corrected chi connectivity index (χ3v) is 3.56. The lowest BCUT2D eigenvalue weighted by Crippen LogP contribution is -2.30. The number of fused-ring (bicyclic) bond motifs is 1. The van der Waals surface area contributed by atoms with Crippen LogP contribution >= 0.6 is 0 Å². The molecule has 22 heavy (non-hydrogen) atoms. The predicted molar refractivity (Wildman–Crippen MR) is 86.5 cm³/mol. The molecule has 1 aromatic heterocycles. The van der Waals surface area contributed by atoms with Crippen molar-refractivity contribution in [2.24, 2.45) is 5.73 Å². The summed E-state index contributed by atoms with van der Waals surface area (Å²) in [5, 5.41) is 2.14. The average Bonchev–Trinajstić information content (AvgIpc) is 2.55. The molecular weight excluding hydrogens is 276 g/mol. The van der Waals surface area contributed by atoms with Crippen LogP contribution in [-0.4, -0.2) is 17.0 Å². The van der Waals surface area contributed by atoms with Crippen LogP contribution in [0.4, 0.5) is 0 Å². The lowest BCUT2D eigenvalue weighted by atomic mass is 9.99. The van der Waals surface area contributed by atoms with Crippen molar-refractivity contribution in [1.29, 1.82) is 0 Å². The molecule has 0 aliphatic rings. The second-order valence-electron chi connectivity index (χ2n) is 5.06. The van der Waals surface area contributed by atoms with Gasteiger partial charge in [-0.3, -0.25) is 9.78 Å². The minimum absolute atomic E-state index is 0.489. The van der Waals surface area contributed by atoms with Crippen molar-refractivity contribution in [3.63, 3.8) is 0 Å². The van der Waals surface area contributed by atoms with Gasteiger partial charge >= 0.3 is 0 Å². The summed E-state index contributed by atoms with van der Waals surface area (Å²) in [6, 6.07) is 15.6. The summed E-state index contributed by atoms with van der Waals surface area (Å²) in [6.07, 6.45) is 2.91. The summed E-state index contributed by atoms with van der Waals surface area (Å²) in [7, 11) is 0. The van der Waals surface area contributed by atoms with Gasteiger partial charge in [0.15, 0.2) is 6.10 Å². The van der Waals surface area contributed by atoms with Crippen LogP contribution in [0.5, 0.6) is 5.75 Å². The fourth-order valence-corrected chi connectivity index (χ4v) is 2.40. The molecule has 0 saturated carbocycles. The summed E-state index contributed by atoms with van der Waals surface area (Å²) in [6.45, 7) is 1.64. The molecule has 3 aromatic rings. The van der Waals surface area contributed by atoms with Gasteiger partial charge < -0.3 is 10.5 Å². The molecule has 110 valence electrons. The van der Waals surface area contributed by atoms with E-state index in [0.29, 0.717) is 5.75 Å². The third-order valence-electron chi connectivity index (χ3n) is 3.56. The van der Waals surface area contributed by atoms with Crippen LogP contribution in [0.15, 0.2) is 60.9 Å². The van der Waals surface area contributed by atoms with Gasteiger partial charge in [0.2, 0.25) is 0 Å². The van der Waals surface area contributed by atoms with Crippen molar-refractivity contribution >= 4 is 16.7 Å². The molecular formula is C18H16N2O2. The molecule has 3 rings (SSSR count). The molecule has 1 atom stereocenters. The van der Waals surface area contributed by atoms with Gasteiger partial charge in [-0.25, -0.2) is 0 Å². The molecule has 2 aromatic carbocycles. The van der Waals surface area contributed by atoms with Crippen molar-refractivity contribution in [3.05, 3.63) is 60.9 Å². The minimum Gasteiger partial charge on any atom is -0.480 e. The summed E-state index contributed by atoms with van der Waals surface area (Å²) in [4.78, 5) is 15.4. The summed E-state index contributed by atoms with van der Waals surface area (Å²) in [5.41, 5.74) is 7.25. The maximum absolute atomic E-state index is 11.3. The van der Waals surface area contributed by atoms with Crippen LogP contribution in [-0.2, 0) is 4.79 Å². The first-order valence-electron chi connectivity index (χ1n) is 7.05. The predicted octanol–water partition coefficient (Wildman–Crippen LogP) is 3.15. The quantitative estimate of drug-likeness (QED) is 0.803. The van der Waals surface area contributed by atoms with Crippen molar-refractivity contribution in [2.45, 2.75) is 13.0 Å². The van der Waals surface area contributed by atoms with Crippen LogP contribution in [0.2, 0.25) is 0 Å². The van der Waals surface area contributed by atoms with E-state index in [9.17, 15) is 4.79 Å². The van der Waals surface area contributed by atoms with E-state index in [1.807, 2.05) is 54.7 Å². The molecule has 0 aliphatic carbocycles. The van der Waals surface area contributed by atoms with Crippen LogP contribution in [0, 0.1) is 0 Å². The Morgan fingerprint density at radius 2 is 1.86 bits per heavy atom. The number of carbonyl (C=O) groups is 1. The highest BCUT2D eigenvalue weighted by atomic mass is 16.5. The first-order valence-corrected chi connectivity index (χ1v) is 7.05. The van der Waals surface area contributed by atoms with Gasteiger partial charge in [-0.2, -0.15) is 0 Å². The Kier molecular flexibility index (Phi) is 3.74. The van der Waals surface area contributed by atoms with E-state index in [4.69, 9.17) is 10.5 Å². The number of hydrogen-bond donors (Lipinski definition) is 1. The monoisotopic (exact) mass is 292 g/mol. The number of benzene rings is 2. The van der Waals surface area contributed by atoms with Crippen LogP contribution in [0.25, 0.3) is 21.9 Å². The molecule has 0 bridgehead atoms. The molecule has 0 fully saturated rings. The van der Waals surface area contributed by atoms with Crippen LogP contribution in [0.1, 0.15) is 6.92 Å². The number of ether oxygens (including phenoxy) is 1. The molecule has 0 saturated heterocycles. The highest BCUT2D eigenvalue weighted by molar-refractivity contribution is 5.97. The van der Waals surface area contributed by atoms with Gasteiger partial charge in [-0.15, -0.1) is 0 Å². The number of hydrogen-bond acceptors (Lipinski definition) is 3. The highest BCUT2D eigenvalue weighted by Gasteiger charge is 2.14. The molecule has 0 aliphatic heterocycles. The van der Waals surface area contributed by atoms with Gasteiger partial charge in [-0.1, -0.05) is 36.4 Å². The number of pyridine rings is 1. The van der Waals surface area contributed by atoms with Gasteiger partial charge in [0.25, 0.3) is 5.91 Å². The van der Waals surface area contributed by atoms with Gasteiger partial charge in [0.1, 0.15) is 5.75 Å². The number of nitrogens with zero attached hydrogens (tertiary/aromatic N) is 1. The molecule has 2 N–H and O–H groups in total. The maximum Gasteiger partial charge on any atom is 0.258 e. The number of nitrogens with two attached hydrogens (primary N) is 1. The highest BCUT2D eigenvalue weighted by Crippen LogP contribution is 2.35. The second kappa shape index (κ2) is 5.85. The standard InChI is InChI=1S/C18H16N2O2/c1-12(18(19)21)22-17-8-3-2-6-16(17)15-7-4-5-13-11-20-10-9-14(13)15/h2-12H,1H3,(H2,19,21)/t12-/m0/s1. The molecule has 0 spiro atoms. The van der Waals surface area contributed by atoms with Crippen molar-refractivity contribution < 1.29 is 9.53 Å². The molecule has 0 radical (unpaired) electrons. The number of primary amides is 1. The number of carbonyl (C=O) groups excluding carboxylic acids is 1. The van der Waals surface area contributed by atoms with Crippen LogP contribution in [0.3, 0.4) is 0 Å². The van der Waals surface area contributed by atoms with E-state index in [1.165, 1.54) is 0 Å². The Labute approximate surface area is 128 Å². The second-order valence-corrected chi connectivity index (χ2v) is 5.06. The zero-order valence-electron chi connectivity index (χ0n) is 12.2. The zero-order chi connectivity index (χ0) is 15.5. The summed E-state index contributed by atoms with van der Waals surface area (Å²) in [5.74, 6) is 0.148. The first-order chi connectivity index (χ1) is 10.7. The van der Waals surface area contributed by atoms with Crippen LogP contribution < -0.4 is 10.5 Å². The smallest absolute Gasteiger partial charge is 0.258 e. The Morgan fingerprint density at radius 1 is 1.09 bits per heavy atom. The van der Waals surface area contributed by atoms with E-state index < -0.39 is 12.0 Å². The number of aromatic nitrogens is 1. The van der Waals surface area contributed by atoms with E-state index in [2.05, 4.69) is 4.98 Å². The third kappa shape index (κ3) is 2.63. The fraction of sp³-hybridized carbons (Fsp3) is 0.111. The molecule has 1 heterocycles. The molecule has 1 amide bonds. The lowest BCUT2D eigenvalue weighted by molar-refractivity contribution is -0.123. The zero-order valence-corrected chi connectivity index (χ0v) is 12.2. The fourth-order valence-electron chi connectivity index (χ4n) is 2.40. The topological polar surface area (TPSA) is 65.2 Å². The summed E-state index contributed by atoms with van der Waals surface area (Å²) < 4.78 is 5.72. The van der Waals surface area contributed by atoms with Crippen molar-refractivity contribution in [2.75, 3.05) is 0 Å². The first kappa shape index (κ1) is 14.1. The Bertz CT molecular complexity index is 825. The maximum atomic E-state index is 11.3. The van der Waals surface area contributed by atoms with E-state index in [-0.39, 0.29) is 0 Å². The molecule has 0 unspecified atom stereocenters. The number of rotatable bonds is 4. The van der Waals surface area contributed by atoms with Gasteiger partial charge in [0.05, 0.1) is 0 Å². The van der Waals surface area contributed by atoms with E-state index >= 15 is 0 Å². The average molecular weight is 292 g/mol. The molecule has 4 nitrogen and oxygen atoms in total. The van der Waals surface area contributed by atoms with Gasteiger partial charge in [-0.05, 0) is 30.0 Å². The Hall–Kier alpha value is -2.88.